The molecule has 0 radical (unpaired) electrons. The van der Waals surface area contributed by atoms with Crippen LogP contribution in [0.5, 0.6) is 0 Å². The van der Waals surface area contributed by atoms with Gasteiger partial charge in [-0.3, -0.25) is 4.68 Å². The van der Waals surface area contributed by atoms with Gasteiger partial charge in [0.05, 0.1) is 16.4 Å². The van der Waals surface area contributed by atoms with Crippen molar-refractivity contribution in [3.63, 3.8) is 0 Å². The minimum Gasteiger partial charge on any atom is -0.331 e. The minimum absolute atomic E-state index is 0.0243. The fraction of sp³-hybridized carbons (Fsp3) is 0.667. The lowest BCUT2D eigenvalue weighted by molar-refractivity contribution is 0.354. The second kappa shape index (κ2) is 9.01. The third-order valence-electron chi connectivity index (χ3n) is 7.16. The van der Waals surface area contributed by atoms with Gasteiger partial charge in [0.2, 0.25) is 0 Å². The Morgan fingerprint density at radius 2 is 1.58 bits per heavy atom. The van der Waals surface area contributed by atoms with Crippen molar-refractivity contribution in [1.29, 1.82) is 0 Å². The molecule has 0 aliphatic rings. The van der Waals surface area contributed by atoms with Crippen LogP contribution in [-0.4, -0.2) is 24.3 Å². The zero-order chi connectivity index (χ0) is 24.8. The number of thiazole rings is 1. The standard InChI is InChI=1S/C27H43N5S/c1-18-24(25(4,5)6)21(30-31(18)11)12-15-32-19(2)28-16-23(32)27(9,10)14-13-26(7,8)22-17-33-20(3)29-22/h16-17H,12-15H2,1-11H3. The van der Waals surface area contributed by atoms with Gasteiger partial charge < -0.3 is 4.57 Å². The molecule has 0 saturated heterocycles. The third kappa shape index (κ3) is 5.42. The quantitative estimate of drug-likeness (QED) is 0.375. The van der Waals surface area contributed by atoms with Gasteiger partial charge in [-0.25, -0.2) is 9.97 Å². The molecule has 0 saturated carbocycles. The van der Waals surface area contributed by atoms with Crippen molar-refractivity contribution < 1.29 is 0 Å². The zero-order valence-corrected chi connectivity index (χ0v) is 23.4. The Balaban J connectivity index is 1.80. The molecule has 0 spiro atoms. The Morgan fingerprint density at radius 3 is 2.15 bits per heavy atom. The first-order valence-corrected chi connectivity index (χ1v) is 13.0. The van der Waals surface area contributed by atoms with E-state index in [9.17, 15) is 0 Å². The van der Waals surface area contributed by atoms with Crippen molar-refractivity contribution in [2.75, 3.05) is 0 Å². The molecule has 3 rings (SSSR count). The summed E-state index contributed by atoms with van der Waals surface area (Å²) in [5.74, 6) is 1.08. The highest BCUT2D eigenvalue weighted by Gasteiger charge is 2.31. The summed E-state index contributed by atoms with van der Waals surface area (Å²) in [6.07, 6.45) is 5.17. The first-order valence-electron chi connectivity index (χ1n) is 12.1. The molecule has 33 heavy (non-hydrogen) atoms. The Bertz CT molecular complexity index is 1100. The molecule has 6 heteroatoms. The number of nitrogens with zero attached hydrogens (tertiary/aromatic N) is 5. The number of hydrogen-bond acceptors (Lipinski definition) is 4. The summed E-state index contributed by atoms with van der Waals surface area (Å²) < 4.78 is 4.44. The van der Waals surface area contributed by atoms with E-state index in [1.165, 1.54) is 28.3 Å². The largest absolute Gasteiger partial charge is 0.331 e. The van der Waals surface area contributed by atoms with Gasteiger partial charge in [0.15, 0.2) is 0 Å². The van der Waals surface area contributed by atoms with E-state index < -0.39 is 0 Å². The third-order valence-corrected chi connectivity index (χ3v) is 7.94. The van der Waals surface area contributed by atoms with Gasteiger partial charge in [0.1, 0.15) is 5.82 Å². The van der Waals surface area contributed by atoms with Crippen molar-refractivity contribution in [3.05, 3.63) is 50.7 Å². The molecule has 0 N–H and O–H groups in total. The number of aromatic nitrogens is 5. The maximum Gasteiger partial charge on any atom is 0.105 e. The molecule has 182 valence electrons. The summed E-state index contributed by atoms with van der Waals surface area (Å²) in [6, 6.07) is 0. The van der Waals surface area contributed by atoms with Crippen LogP contribution in [0.15, 0.2) is 11.6 Å². The van der Waals surface area contributed by atoms with Crippen LogP contribution >= 0.6 is 11.3 Å². The molecular formula is C27H43N5S. The van der Waals surface area contributed by atoms with Crippen molar-refractivity contribution >= 4 is 11.3 Å². The molecule has 0 unspecified atom stereocenters. The monoisotopic (exact) mass is 469 g/mol. The lowest BCUT2D eigenvalue weighted by Crippen LogP contribution is -2.27. The Labute approximate surface area is 204 Å². The zero-order valence-electron chi connectivity index (χ0n) is 22.6. The molecule has 0 bridgehead atoms. The van der Waals surface area contributed by atoms with Crippen LogP contribution in [0.25, 0.3) is 0 Å². The van der Waals surface area contributed by atoms with E-state index in [1.54, 1.807) is 11.3 Å². The Morgan fingerprint density at radius 1 is 0.939 bits per heavy atom. The molecule has 0 aliphatic carbocycles. The fourth-order valence-electron chi connectivity index (χ4n) is 4.89. The number of imidazole rings is 1. The van der Waals surface area contributed by atoms with Crippen molar-refractivity contribution in [3.8, 4) is 0 Å². The predicted molar refractivity (Wildman–Crippen MR) is 139 cm³/mol. The average Bonchev–Trinajstić information content (AvgIpc) is 3.37. The first-order chi connectivity index (χ1) is 15.1. The van der Waals surface area contributed by atoms with Gasteiger partial charge in [0.25, 0.3) is 0 Å². The summed E-state index contributed by atoms with van der Waals surface area (Å²) in [5, 5.41) is 8.24. The van der Waals surface area contributed by atoms with Crippen LogP contribution in [0.1, 0.15) is 100 Å². The van der Waals surface area contributed by atoms with Gasteiger partial charge in [-0.05, 0) is 39.0 Å². The lowest BCUT2D eigenvalue weighted by atomic mass is 9.76. The number of aryl methyl sites for hydroxylation is 4. The summed E-state index contributed by atoms with van der Waals surface area (Å²) in [5.41, 5.74) is 6.55. The van der Waals surface area contributed by atoms with E-state index in [4.69, 9.17) is 15.1 Å². The number of rotatable bonds is 8. The van der Waals surface area contributed by atoms with Crippen molar-refractivity contribution in [2.45, 2.75) is 111 Å². The van der Waals surface area contributed by atoms with Gasteiger partial charge in [-0.15, -0.1) is 11.3 Å². The molecule has 0 fully saturated rings. The second-order valence-electron chi connectivity index (χ2n) is 11.9. The van der Waals surface area contributed by atoms with E-state index in [0.717, 1.165) is 36.6 Å². The highest BCUT2D eigenvalue weighted by Crippen LogP contribution is 2.37. The molecule has 0 amide bonds. The van der Waals surface area contributed by atoms with E-state index in [1.807, 2.05) is 4.68 Å². The van der Waals surface area contributed by atoms with Crippen molar-refractivity contribution in [1.82, 2.24) is 24.3 Å². The summed E-state index contributed by atoms with van der Waals surface area (Å²) in [4.78, 5) is 9.49. The lowest BCUT2D eigenvalue weighted by Gasteiger charge is -2.31. The maximum absolute atomic E-state index is 4.88. The van der Waals surface area contributed by atoms with Gasteiger partial charge >= 0.3 is 0 Å². The highest BCUT2D eigenvalue weighted by atomic mass is 32.1. The van der Waals surface area contributed by atoms with Crippen LogP contribution in [0.3, 0.4) is 0 Å². The van der Waals surface area contributed by atoms with Crippen LogP contribution < -0.4 is 0 Å². The Hall–Kier alpha value is -1.95. The van der Waals surface area contributed by atoms with Crippen LogP contribution in [0.4, 0.5) is 0 Å². The Kier molecular flexibility index (Phi) is 7.01. The molecule has 0 aliphatic heterocycles. The van der Waals surface area contributed by atoms with E-state index in [-0.39, 0.29) is 16.2 Å². The van der Waals surface area contributed by atoms with Gasteiger partial charge in [-0.2, -0.15) is 5.10 Å². The predicted octanol–water partition coefficient (Wildman–Crippen LogP) is 6.57. The topological polar surface area (TPSA) is 48.5 Å². The van der Waals surface area contributed by atoms with Crippen molar-refractivity contribution in [2.24, 2.45) is 7.05 Å². The fourth-order valence-corrected chi connectivity index (χ4v) is 5.70. The summed E-state index contributed by atoms with van der Waals surface area (Å²) >= 11 is 1.74. The van der Waals surface area contributed by atoms with E-state index in [2.05, 4.69) is 92.4 Å². The van der Waals surface area contributed by atoms with Gasteiger partial charge in [0, 0.05) is 59.4 Å². The van der Waals surface area contributed by atoms with Crippen LogP contribution in [0.2, 0.25) is 0 Å². The molecule has 3 aromatic rings. The number of hydrogen-bond donors (Lipinski definition) is 0. The van der Waals surface area contributed by atoms with Crippen LogP contribution in [0, 0.1) is 20.8 Å². The van der Waals surface area contributed by atoms with E-state index >= 15 is 0 Å². The van der Waals surface area contributed by atoms with Gasteiger partial charge in [-0.1, -0.05) is 48.5 Å². The summed E-state index contributed by atoms with van der Waals surface area (Å²) in [6.45, 7) is 23.5. The molecule has 3 aromatic heterocycles. The molecule has 5 nitrogen and oxygen atoms in total. The highest BCUT2D eigenvalue weighted by molar-refractivity contribution is 7.09. The molecule has 0 atom stereocenters. The average molecular weight is 470 g/mol. The van der Waals surface area contributed by atoms with Crippen LogP contribution in [-0.2, 0) is 36.3 Å². The second-order valence-corrected chi connectivity index (χ2v) is 13.0. The molecule has 3 heterocycles. The maximum atomic E-state index is 4.88. The molecular weight excluding hydrogens is 426 g/mol. The first kappa shape index (κ1) is 25.7. The SMILES string of the molecule is Cc1nc(C(C)(C)CCC(C)(C)c2cnc(C)n2CCc2nn(C)c(C)c2C(C)(C)C)cs1. The summed E-state index contributed by atoms with van der Waals surface area (Å²) in [7, 11) is 2.05. The van der Waals surface area contributed by atoms with E-state index in [0.29, 0.717) is 0 Å². The smallest absolute Gasteiger partial charge is 0.105 e. The minimum atomic E-state index is 0.0243. The molecule has 0 aromatic carbocycles. The normalized spacial score (nSPS) is 13.2.